The maximum atomic E-state index is 12.9. The SMILES string of the molecule is CCCCCCCCO[C@@H]1[C@@H](OC(C)=O)[C@H](n2c(=O)sc3cnc(N)nc32)O[C@@H]1COC(C)=O. The average molecular weight is 497 g/mol. The summed E-state index contributed by atoms with van der Waals surface area (Å²) in [5, 5.41) is 0. The summed E-state index contributed by atoms with van der Waals surface area (Å²) >= 11 is 0.927. The van der Waals surface area contributed by atoms with Crippen molar-refractivity contribution in [3.63, 3.8) is 0 Å². The Bertz CT molecular complexity index is 1040. The Hall–Kier alpha value is -2.57. The Labute approximate surface area is 201 Å². The lowest BCUT2D eigenvalue weighted by Crippen LogP contribution is -2.40. The number of thiazole rings is 1. The highest BCUT2D eigenvalue weighted by molar-refractivity contribution is 7.16. The third-order valence-corrected chi connectivity index (χ3v) is 6.36. The van der Waals surface area contributed by atoms with Gasteiger partial charge in [-0.15, -0.1) is 0 Å². The van der Waals surface area contributed by atoms with E-state index in [9.17, 15) is 14.4 Å². The molecule has 3 rings (SSSR count). The van der Waals surface area contributed by atoms with Gasteiger partial charge in [-0.05, 0) is 6.42 Å². The van der Waals surface area contributed by atoms with Gasteiger partial charge in [-0.1, -0.05) is 50.4 Å². The molecule has 0 radical (unpaired) electrons. The molecule has 0 saturated carbocycles. The normalized spacial score (nSPS) is 22.2. The molecule has 0 amide bonds. The molecule has 2 aromatic heterocycles. The molecule has 1 saturated heterocycles. The van der Waals surface area contributed by atoms with Gasteiger partial charge < -0.3 is 24.7 Å². The van der Waals surface area contributed by atoms with E-state index in [4.69, 9.17) is 24.7 Å². The van der Waals surface area contributed by atoms with Crippen molar-refractivity contribution in [1.29, 1.82) is 0 Å². The number of nitrogen functional groups attached to an aromatic ring is 1. The summed E-state index contributed by atoms with van der Waals surface area (Å²) in [6.07, 6.45) is 4.47. The maximum absolute atomic E-state index is 12.9. The molecule has 12 heteroatoms. The molecule has 34 heavy (non-hydrogen) atoms. The molecule has 0 unspecified atom stereocenters. The number of anilines is 1. The number of aromatic nitrogens is 3. The van der Waals surface area contributed by atoms with E-state index < -0.39 is 36.5 Å². The van der Waals surface area contributed by atoms with E-state index in [1.807, 2.05) is 0 Å². The van der Waals surface area contributed by atoms with Crippen molar-refractivity contribution in [2.75, 3.05) is 18.9 Å². The van der Waals surface area contributed by atoms with Gasteiger partial charge in [-0.2, -0.15) is 4.98 Å². The molecule has 1 fully saturated rings. The van der Waals surface area contributed by atoms with E-state index in [1.165, 1.54) is 43.9 Å². The predicted octanol–water partition coefficient (Wildman–Crippen LogP) is 2.57. The summed E-state index contributed by atoms with van der Waals surface area (Å²) < 4.78 is 24.8. The zero-order valence-electron chi connectivity index (χ0n) is 19.7. The number of hydrogen-bond acceptors (Lipinski definition) is 11. The van der Waals surface area contributed by atoms with Crippen LogP contribution in [0.15, 0.2) is 11.0 Å². The fourth-order valence-corrected chi connectivity index (χ4v) is 4.76. The van der Waals surface area contributed by atoms with E-state index in [-0.39, 0.29) is 23.1 Å². The minimum atomic E-state index is -1.03. The number of esters is 2. The van der Waals surface area contributed by atoms with Crippen LogP contribution in [0.1, 0.15) is 65.5 Å². The number of nitrogens with zero attached hydrogens (tertiary/aromatic N) is 3. The van der Waals surface area contributed by atoms with E-state index in [0.717, 1.165) is 30.6 Å². The Morgan fingerprint density at radius 3 is 2.59 bits per heavy atom. The zero-order valence-corrected chi connectivity index (χ0v) is 20.5. The fraction of sp³-hybridized carbons (Fsp3) is 0.682. The van der Waals surface area contributed by atoms with Crippen LogP contribution in [0.4, 0.5) is 5.95 Å². The first-order chi connectivity index (χ1) is 16.3. The number of nitrogens with two attached hydrogens (primary N) is 1. The lowest BCUT2D eigenvalue weighted by molar-refractivity contribution is -0.158. The summed E-state index contributed by atoms with van der Waals surface area (Å²) in [6.45, 7) is 5.03. The van der Waals surface area contributed by atoms with Crippen LogP contribution in [0.3, 0.4) is 0 Å². The third kappa shape index (κ3) is 6.51. The molecule has 11 nitrogen and oxygen atoms in total. The first-order valence-corrected chi connectivity index (χ1v) is 12.3. The van der Waals surface area contributed by atoms with Gasteiger partial charge in [0.15, 0.2) is 18.0 Å². The monoisotopic (exact) mass is 496 g/mol. The molecule has 188 valence electrons. The molecule has 1 aliphatic rings. The lowest BCUT2D eigenvalue weighted by Gasteiger charge is -2.24. The van der Waals surface area contributed by atoms with Gasteiger partial charge in [0.25, 0.3) is 0 Å². The van der Waals surface area contributed by atoms with Crippen molar-refractivity contribution in [2.24, 2.45) is 0 Å². The van der Waals surface area contributed by atoms with E-state index in [1.54, 1.807) is 0 Å². The van der Waals surface area contributed by atoms with Gasteiger partial charge in [-0.3, -0.25) is 19.0 Å². The van der Waals surface area contributed by atoms with E-state index in [0.29, 0.717) is 11.3 Å². The highest BCUT2D eigenvalue weighted by atomic mass is 32.1. The molecule has 0 spiro atoms. The van der Waals surface area contributed by atoms with Gasteiger partial charge in [0.2, 0.25) is 5.95 Å². The standard InChI is InChI=1S/C22H32N4O7S/c1-4-5-6-7-8-9-10-30-17-15(12-31-13(2)27)33-20(18(17)32-14(3)28)26-19-16(34-22(26)29)11-24-21(23)25-19/h11,15,17-18,20H,4-10,12H2,1-3H3,(H2,23,24,25)/t15-,17+,18-,20-/m1/s1. The average Bonchev–Trinajstić information content (AvgIpc) is 3.27. The van der Waals surface area contributed by atoms with Gasteiger partial charge in [-0.25, -0.2) is 4.98 Å². The molecule has 2 N–H and O–H groups in total. The smallest absolute Gasteiger partial charge is 0.311 e. The number of fused-ring (bicyclic) bond motifs is 1. The highest BCUT2D eigenvalue weighted by Gasteiger charge is 2.50. The second-order valence-corrected chi connectivity index (χ2v) is 9.19. The highest BCUT2D eigenvalue weighted by Crippen LogP contribution is 2.36. The van der Waals surface area contributed by atoms with E-state index >= 15 is 0 Å². The van der Waals surface area contributed by atoms with Gasteiger partial charge in [0.1, 0.15) is 18.8 Å². The second-order valence-electron chi connectivity index (χ2n) is 8.20. The summed E-state index contributed by atoms with van der Waals surface area (Å²) in [5.74, 6) is -1.04. The lowest BCUT2D eigenvalue weighted by atomic mass is 10.1. The molecule has 0 aliphatic carbocycles. The number of carbonyl (C=O) groups excluding carboxylic acids is 2. The first kappa shape index (κ1) is 26.0. The quantitative estimate of drug-likeness (QED) is 0.344. The molecule has 1 aliphatic heterocycles. The van der Waals surface area contributed by atoms with Crippen LogP contribution < -0.4 is 10.6 Å². The van der Waals surface area contributed by atoms with Crippen molar-refractivity contribution in [1.82, 2.24) is 14.5 Å². The maximum Gasteiger partial charge on any atom is 0.311 e. The number of ether oxygens (including phenoxy) is 4. The summed E-state index contributed by atoms with van der Waals surface area (Å²) in [4.78, 5) is 44.0. The Morgan fingerprint density at radius 1 is 1.15 bits per heavy atom. The minimum absolute atomic E-state index is 0.00609. The molecule has 0 bridgehead atoms. The number of unbranched alkanes of at least 4 members (excludes halogenated alkanes) is 5. The van der Waals surface area contributed by atoms with Crippen LogP contribution in [-0.4, -0.2) is 58.0 Å². The first-order valence-electron chi connectivity index (χ1n) is 11.5. The van der Waals surface area contributed by atoms with Crippen molar-refractivity contribution in [3.8, 4) is 0 Å². The Balaban J connectivity index is 1.85. The topological polar surface area (TPSA) is 145 Å². The Morgan fingerprint density at radius 2 is 1.88 bits per heavy atom. The molecule has 3 heterocycles. The molecule has 2 aromatic rings. The second kappa shape index (κ2) is 12.2. The van der Waals surface area contributed by atoms with Crippen LogP contribution in [0, 0.1) is 0 Å². The molecule has 4 atom stereocenters. The van der Waals surface area contributed by atoms with Crippen LogP contribution in [-0.2, 0) is 28.5 Å². The van der Waals surface area contributed by atoms with Gasteiger partial charge in [0.05, 0.1) is 10.9 Å². The molecular formula is C22H32N4O7S. The van der Waals surface area contributed by atoms with Crippen molar-refractivity contribution < 1.29 is 28.5 Å². The van der Waals surface area contributed by atoms with Crippen molar-refractivity contribution in [2.45, 2.75) is 83.8 Å². The third-order valence-electron chi connectivity index (χ3n) is 5.48. The largest absolute Gasteiger partial charge is 0.463 e. The van der Waals surface area contributed by atoms with Crippen molar-refractivity contribution in [3.05, 3.63) is 15.9 Å². The van der Waals surface area contributed by atoms with Crippen LogP contribution >= 0.6 is 11.3 Å². The minimum Gasteiger partial charge on any atom is -0.463 e. The van der Waals surface area contributed by atoms with Crippen molar-refractivity contribution >= 4 is 39.6 Å². The fourth-order valence-electron chi connectivity index (χ4n) is 3.94. The van der Waals surface area contributed by atoms with E-state index in [2.05, 4.69) is 16.9 Å². The van der Waals surface area contributed by atoms with Crippen LogP contribution in [0.5, 0.6) is 0 Å². The summed E-state index contributed by atoms with van der Waals surface area (Å²) in [6, 6.07) is 0. The number of rotatable bonds is 12. The van der Waals surface area contributed by atoms with Gasteiger partial charge >= 0.3 is 16.8 Å². The number of hydrogen-bond donors (Lipinski definition) is 1. The van der Waals surface area contributed by atoms with Crippen LogP contribution in [0.2, 0.25) is 0 Å². The number of carbonyl (C=O) groups is 2. The molecular weight excluding hydrogens is 464 g/mol. The summed E-state index contributed by atoms with van der Waals surface area (Å²) in [7, 11) is 0. The molecule has 0 aromatic carbocycles. The van der Waals surface area contributed by atoms with Crippen LogP contribution in [0.25, 0.3) is 10.3 Å². The predicted molar refractivity (Wildman–Crippen MR) is 125 cm³/mol. The summed E-state index contributed by atoms with van der Waals surface area (Å²) in [5.41, 5.74) is 6.01. The zero-order chi connectivity index (χ0) is 24.7. The Kier molecular flexibility index (Phi) is 9.36. The van der Waals surface area contributed by atoms with Gasteiger partial charge in [0, 0.05) is 20.5 Å².